The van der Waals surface area contributed by atoms with Crippen molar-refractivity contribution in [2.45, 2.75) is 19.3 Å². The molecule has 5 aromatic carbocycles. The van der Waals surface area contributed by atoms with Crippen LogP contribution in [-0.2, 0) is 19.3 Å². The van der Waals surface area contributed by atoms with Crippen molar-refractivity contribution >= 4 is 5.69 Å². The molecule has 0 N–H and O–H groups in total. The van der Waals surface area contributed by atoms with Crippen LogP contribution in [0, 0.1) is 10.1 Å². The Kier molecular flexibility index (Phi) is 5.67. The lowest BCUT2D eigenvalue weighted by Gasteiger charge is -2.21. The van der Waals surface area contributed by atoms with Gasteiger partial charge in [-0.2, -0.15) is 0 Å². The minimum atomic E-state index is -0.343. The first kappa shape index (κ1) is 22.0. The second-order valence-corrected chi connectivity index (χ2v) is 9.29. The monoisotopic (exact) mass is 467 g/mol. The van der Waals surface area contributed by atoms with Gasteiger partial charge in [-0.1, -0.05) is 97.1 Å². The molecule has 0 atom stereocenters. The highest BCUT2D eigenvalue weighted by atomic mass is 16.6. The summed E-state index contributed by atoms with van der Waals surface area (Å²) in [6.45, 7) is 0. The highest BCUT2D eigenvalue weighted by molar-refractivity contribution is 5.93. The maximum atomic E-state index is 11.1. The molecular weight excluding hydrogens is 442 g/mol. The van der Waals surface area contributed by atoms with Crippen molar-refractivity contribution in [1.29, 1.82) is 0 Å². The molecule has 0 amide bonds. The van der Waals surface area contributed by atoms with Crippen molar-refractivity contribution in [2.75, 3.05) is 0 Å². The van der Waals surface area contributed by atoms with Crippen molar-refractivity contribution in [3.05, 3.63) is 148 Å². The van der Waals surface area contributed by atoms with Crippen LogP contribution in [0.15, 0.2) is 115 Å². The molecule has 3 nitrogen and oxygen atoms in total. The van der Waals surface area contributed by atoms with Crippen molar-refractivity contribution in [1.82, 2.24) is 0 Å². The summed E-state index contributed by atoms with van der Waals surface area (Å²) in [6, 6.07) is 39.4. The molecule has 0 saturated heterocycles. The van der Waals surface area contributed by atoms with Crippen LogP contribution in [0.4, 0.5) is 5.69 Å². The fourth-order valence-electron chi connectivity index (χ4n) is 5.46. The molecule has 174 valence electrons. The van der Waals surface area contributed by atoms with Crippen LogP contribution >= 0.6 is 0 Å². The molecule has 0 fully saturated rings. The molecule has 1 aliphatic carbocycles. The third-order valence-electron chi connectivity index (χ3n) is 7.18. The Labute approximate surface area is 210 Å². The van der Waals surface area contributed by atoms with Gasteiger partial charge in [-0.05, 0) is 81.0 Å². The number of hydrogen-bond donors (Lipinski definition) is 0. The van der Waals surface area contributed by atoms with E-state index in [1.54, 1.807) is 12.1 Å². The van der Waals surface area contributed by atoms with Crippen LogP contribution < -0.4 is 0 Å². The van der Waals surface area contributed by atoms with Gasteiger partial charge in [0.2, 0.25) is 0 Å². The Morgan fingerprint density at radius 1 is 0.639 bits per heavy atom. The SMILES string of the molecule is O=[N+]([O-])c1ccc(CCc2c3c(cc(-c4ccccc4)c2-c2ccccc2)-c2ccccc2C3)cc1. The lowest BCUT2D eigenvalue weighted by Crippen LogP contribution is -2.02. The maximum Gasteiger partial charge on any atom is 0.269 e. The Morgan fingerprint density at radius 3 is 1.97 bits per heavy atom. The summed E-state index contributed by atoms with van der Waals surface area (Å²) in [7, 11) is 0. The van der Waals surface area contributed by atoms with Crippen LogP contribution in [0.25, 0.3) is 33.4 Å². The van der Waals surface area contributed by atoms with Crippen molar-refractivity contribution in [3.63, 3.8) is 0 Å². The van der Waals surface area contributed by atoms with Gasteiger partial charge in [0.05, 0.1) is 4.92 Å². The average molecular weight is 468 g/mol. The van der Waals surface area contributed by atoms with Crippen LogP contribution in [0.5, 0.6) is 0 Å². The van der Waals surface area contributed by atoms with E-state index in [0.29, 0.717) is 0 Å². The quantitative estimate of drug-likeness (QED) is 0.183. The summed E-state index contributed by atoms with van der Waals surface area (Å²) in [6.07, 6.45) is 2.61. The zero-order chi connectivity index (χ0) is 24.5. The van der Waals surface area contributed by atoms with Gasteiger partial charge in [-0.25, -0.2) is 0 Å². The molecule has 5 aromatic rings. The molecule has 6 rings (SSSR count). The largest absolute Gasteiger partial charge is 0.269 e. The molecule has 0 radical (unpaired) electrons. The summed E-state index contributed by atoms with van der Waals surface area (Å²) in [5.41, 5.74) is 13.0. The lowest BCUT2D eigenvalue weighted by atomic mass is 9.83. The van der Waals surface area contributed by atoms with Crippen molar-refractivity contribution in [3.8, 4) is 33.4 Å². The summed E-state index contributed by atoms with van der Waals surface area (Å²) in [4.78, 5) is 10.8. The van der Waals surface area contributed by atoms with E-state index in [1.165, 1.54) is 50.1 Å². The number of aryl methyl sites for hydroxylation is 1. The predicted octanol–water partition coefficient (Wildman–Crippen LogP) is 8.29. The smallest absolute Gasteiger partial charge is 0.258 e. The van der Waals surface area contributed by atoms with Crippen LogP contribution in [0.2, 0.25) is 0 Å². The summed E-state index contributed by atoms with van der Waals surface area (Å²) >= 11 is 0. The fourth-order valence-corrected chi connectivity index (χ4v) is 5.46. The van der Waals surface area contributed by atoms with E-state index in [1.807, 2.05) is 12.1 Å². The van der Waals surface area contributed by atoms with Crippen molar-refractivity contribution in [2.24, 2.45) is 0 Å². The first-order valence-electron chi connectivity index (χ1n) is 12.3. The lowest BCUT2D eigenvalue weighted by molar-refractivity contribution is -0.384. The van der Waals surface area contributed by atoms with Crippen LogP contribution in [0.1, 0.15) is 22.3 Å². The molecule has 0 saturated carbocycles. The Balaban J connectivity index is 1.54. The van der Waals surface area contributed by atoms with Crippen molar-refractivity contribution < 1.29 is 4.92 Å². The van der Waals surface area contributed by atoms with Gasteiger partial charge in [-0.3, -0.25) is 10.1 Å². The van der Waals surface area contributed by atoms with Gasteiger partial charge >= 0.3 is 0 Å². The van der Waals surface area contributed by atoms with Gasteiger partial charge in [0.1, 0.15) is 0 Å². The third-order valence-corrected chi connectivity index (χ3v) is 7.18. The molecule has 36 heavy (non-hydrogen) atoms. The molecule has 0 aliphatic heterocycles. The van der Waals surface area contributed by atoms with Crippen LogP contribution in [0.3, 0.4) is 0 Å². The summed E-state index contributed by atoms with van der Waals surface area (Å²) in [5.74, 6) is 0. The van der Waals surface area contributed by atoms with Gasteiger partial charge in [0, 0.05) is 12.1 Å². The number of nitrogens with zero attached hydrogens (tertiary/aromatic N) is 1. The van der Waals surface area contributed by atoms with E-state index < -0.39 is 0 Å². The number of rotatable bonds is 6. The van der Waals surface area contributed by atoms with Gasteiger partial charge < -0.3 is 0 Å². The predicted molar refractivity (Wildman–Crippen MR) is 146 cm³/mol. The second-order valence-electron chi connectivity index (χ2n) is 9.29. The number of non-ortho nitro benzene ring substituents is 1. The number of nitro groups is 1. The Bertz CT molecular complexity index is 1560. The molecule has 0 aromatic heterocycles. The van der Waals surface area contributed by atoms with E-state index in [-0.39, 0.29) is 10.6 Å². The molecule has 1 aliphatic rings. The van der Waals surface area contributed by atoms with Crippen LogP contribution in [-0.4, -0.2) is 4.92 Å². The van der Waals surface area contributed by atoms with Gasteiger partial charge in [-0.15, -0.1) is 0 Å². The first-order chi connectivity index (χ1) is 17.7. The molecule has 0 unspecified atom stereocenters. The number of hydrogen-bond acceptors (Lipinski definition) is 2. The fraction of sp³-hybridized carbons (Fsp3) is 0.0909. The number of nitro benzene ring substituents is 1. The van der Waals surface area contributed by atoms with E-state index in [0.717, 1.165) is 24.8 Å². The minimum Gasteiger partial charge on any atom is -0.258 e. The van der Waals surface area contributed by atoms with E-state index in [9.17, 15) is 10.1 Å². The summed E-state index contributed by atoms with van der Waals surface area (Å²) in [5, 5.41) is 11.1. The topological polar surface area (TPSA) is 43.1 Å². The summed E-state index contributed by atoms with van der Waals surface area (Å²) < 4.78 is 0. The number of benzene rings is 5. The Hall–Kier alpha value is -4.50. The molecule has 3 heteroatoms. The first-order valence-corrected chi connectivity index (χ1v) is 12.3. The minimum absolute atomic E-state index is 0.131. The maximum absolute atomic E-state index is 11.1. The molecular formula is C33H25NO2. The Morgan fingerprint density at radius 2 is 1.28 bits per heavy atom. The second kappa shape index (κ2) is 9.27. The van der Waals surface area contributed by atoms with E-state index in [2.05, 4.69) is 91.0 Å². The highest BCUT2D eigenvalue weighted by Gasteiger charge is 2.26. The standard InChI is InChI=1S/C33H25NO2/c35-34(36)27-18-15-23(16-19-27)17-20-29-31-21-26-13-7-8-14-28(26)32(31)22-30(24-9-3-1-4-10-24)33(29)25-11-5-2-6-12-25/h1-16,18-19,22H,17,20-21H2. The molecule has 0 spiro atoms. The average Bonchev–Trinajstić information content (AvgIpc) is 3.31. The zero-order valence-electron chi connectivity index (χ0n) is 19.9. The van der Waals surface area contributed by atoms with E-state index >= 15 is 0 Å². The van der Waals surface area contributed by atoms with Gasteiger partial charge in [0.25, 0.3) is 5.69 Å². The third kappa shape index (κ3) is 3.99. The molecule has 0 heterocycles. The highest BCUT2D eigenvalue weighted by Crippen LogP contribution is 2.46. The number of fused-ring (bicyclic) bond motifs is 3. The zero-order valence-corrected chi connectivity index (χ0v) is 19.9. The normalized spacial score (nSPS) is 11.7. The van der Waals surface area contributed by atoms with Gasteiger partial charge in [0.15, 0.2) is 0 Å². The van der Waals surface area contributed by atoms with E-state index in [4.69, 9.17) is 0 Å². The molecule has 0 bridgehead atoms.